The number of amides is 1. The van der Waals surface area contributed by atoms with Gasteiger partial charge in [-0.15, -0.1) is 0 Å². The summed E-state index contributed by atoms with van der Waals surface area (Å²) in [6.45, 7) is 5.31. The molecule has 1 aliphatic carbocycles. The zero-order valence-corrected chi connectivity index (χ0v) is 14.7. The fourth-order valence-electron chi connectivity index (χ4n) is 3.26. The molecule has 0 spiro atoms. The van der Waals surface area contributed by atoms with Gasteiger partial charge < -0.3 is 9.67 Å². The van der Waals surface area contributed by atoms with E-state index in [1.807, 2.05) is 6.92 Å². The van der Waals surface area contributed by atoms with E-state index in [9.17, 15) is 18.7 Å². The number of nitrogens with one attached hydrogen (secondary N) is 1. The van der Waals surface area contributed by atoms with Gasteiger partial charge in [0.15, 0.2) is 11.6 Å². The van der Waals surface area contributed by atoms with E-state index in [-0.39, 0.29) is 17.9 Å². The number of imidazole rings is 1. The molecule has 136 valence electrons. The Morgan fingerprint density at radius 2 is 2.12 bits per heavy atom. The number of halogens is 2. The zero-order valence-electron chi connectivity index (χ0n) is 14.7. The number of fused-ring (bicyclic) bond motifs is 1. The molecule has 1 saturated carbocycles. The van der Waals surface area contributed by atoms with Gasteiger partial charge in [0, 0.05) is 5.54 Å². The normalized spacial score (nSPS) is 18.6. The molecule has 2 aromatic rings. The quantitative estimate of drug-likeness (QED) is 0.863. The Balaban J connectivity index is 2.05. The lowest BCUT2D eigenvalue weighted by atomic mass is 9.78. The van der Waals surface area contributed by atoms with Crippen molar-refractivity contribution in [3.05, 3.63) is 23.8 Å². The lowest BCUT2D eigenvalue weighted by molar-refractivity contribution is -0.120. The molecule has 0 saturated heterocycles. The predicted molar refractivity (Wildman–Crippen MR) is 91.3 cm³/mol. The van der Waals surface area contributed by atoms with E-state index in [4.69, 9.17) is 0 Å². The van der Waals surface area contributed by atoms with Crippen LogP contribution in [0.3, 0.4) is 0 Å². The van der Waals surface area contributed by atoms with Gasteiger partial charge in [-0.3, -0.25) is 10.1 Å². The summed E-state index contributed by atoms with van der Waals surface area (Å²) in [5.74, 6) is -2.12. The van der Waals surface area contributed by atoms with Gasteiger partial charge >= 0.3 is 0 Å². The van der Waals surface area contributed by atoms with E-state index in [1.54, 1.807) is 18.4 Å². The van der Waals surface area contributed by atoms with Gasteiger partial charge in [-0.05, 0) is 51.7 Å². The molecule has 1 atom stereocenters. The third-order valence-electron chi connectivity index (χ3n) is 5.23. The van der Waals surface area contributed by atoms with E-state index >= 15 is 0 Å². The molecule has 0 bridgehead atoms. The highest BCUT2D eigenvalue weighted by molar-refractivity contribution is 5.92. The van der Waals surface area contributed by atoms with Crippen molar-refractivity contribution in [1.29, 1.82) is 0 Å². The Morgan fingerprint density at radius 3 is 2.68 bits per heavy atom. The molecular weight excluding hydrogens is 328 g/mol. The van der Waals surface area contributed by atoms with E-state index in [2.05, 4.69) is 10.3 Å². The molecule has 1 aromatic heterocycles. The van der Waals surface area contributed by atoms with Crippen LogP contribution in [0.2, 0.25) is 0 Å². The number of nitrogens with zero attached hydrogens (tertiary/aromatic N) is 2. The summed E-state index contributed by atoms with van der Waals surface area (Å²) in [6, 6.07) is 2.44. The number of hydrogen-bond acceptors (Lipinski definition) is 3. The van der Waals surface area contributed by atoms with E-state index < -0.39 is 28.7 Å². The second-order valence-electron chi connectivity index (χ2n) is 7.43. The molecule has 7 heteroatoms. The number of benzene rings is 1. The topological polar surface area (TPSA) is 67.2 Å². The average molecular weight is 351 g/mol. The Labute approximate surface area is 145 Å². The summed E-state index contributed by atoms with van der Waals surface area (Å²) in [5.41, 5.74) is -1.18. The first-order valence-electron chi connectivity index (χ1n) is 8.56. The molecule has 2 N–H and O–H groups in total. The van der Waals surface area contributed by atoms with Gasteiger partial charge in [0.25, 0.3) is 0 Å². The summed E-state index contributed by atoms with van der Waals surface area (Å²) in [5, 5.41) is 12.8. The Hall–Kier alpha value is -2.02. The molecule has 1 heterocycles. The monoisotopic (exact) mass is 351 g/mol. The Kier molecular flexibility index (Phi) is 4.31. The molecule has 0 radical (unpaired) electrons. The first-order chi connectivity index (χ1) is 11.7. The van der Waals surface area contributed by atoms with Crippen LogP contribution in [0, 0.1) is 11.6 Å². The second-order valence-corrected chi connectivity index (χ2v) is 7.43. The minimum atomic E-state index is -1.13. The Morgan fingerprint density at radius 1 is 1.44 bits per heavy atom. The lowest BCUT2D eigenvalue weighted by Gasteiger charge is -2.41. The van der Waals surface area contributed by atoms with Crippen LogP contribution in [0.4, 0.5) is 14.7 Å². The van der Waals surface area contributed by atoms with Crippen molar-refractivity contribution in [2.24, 2.45) is 0 Å². The van der Waals surface area contributed by atoms with E-state index in [0.717, 1.165) is 25.3 Å². The van der Waals surface area contributed by atoms with Crippen molar-refractivity contribution in [2.45, 2.75) is 64.0 Å². The number of carbonyl (C=O) groups excluding carboxylic acids is 1. The number of anilines is 1. The van der Waals surface area contributed by atoms with Gasteiger partial charge in [-0.25, -0.2) is 13.8 Å². The summed E-state index contributed by atoms with van der Waals surface area (Å²) >= 11 is 0. The summed E-state index contributed by atoms with van der Waals surface area (Å²) < 4.78 is 29.8. The maximum absolute atomic E-state index is 14.4. The van der Waals surface area contributed by atoms with Crippen LogP contribution in [0.5, 0.6) is 0 Å². The molecule has 3 rings (SSSR count). The molecule has 1 unspecified atom stereocenters. The standard InChI is InChI=1S/C18H23F2N3O2/c1-4-18(3,25)10-13(24)22-16-21-12-7-6-11(19)14(20)15(12)23(16)17(2)8-5-9-17/h6-7,25H,4-5,8-10H2,1-3H3,(H,21,22,24). The smallest absolute Gasteiger partial charge is 0.229 e. The third-order valence-corrected chi connectivity index (χ3v) is 5.23. The number of hydrogen-bond donors (Lipinski definition) is 2. The van der Waals surface area contributed by atoms with E-state index in [0.29, 0.717) is 11.9 Å². The van der Waals surface area contributed by atoms with Gasteiger partial charge in [0.1, 0.15) is 5.52 Å². The van der Waals surface area contributed by atoms with Crippen LogP contribution in [0.15, 0.2) is 12.1 Å². The van der Waals surface area contributed by atoms with Crippen molar-refractivity contribution in [2.75, 3.05) is 5.32 Å². The highest BCUT2D eigenvalue weighted by Crippen LogP contribution is 2.43. The minimum Gasteiger partial charge on any atom is -0.390 e. The SMILES string of the molecule is CCC(C)(O)CC(=O)Nc1nc2ccc(F)c(F)c2n1C1(C)CCC1. The molecule has 1 aromatic carbocycles. The van der Waals surface area contributed by atoms with Gasteiger partial charge in [-0.2, -0.15) is 0 Å². The van der Waals surface area contributed by atoms with Gasteiger partial charge in [0.05, 0.1) is 17.5 Å². The molecule has 25 heavy (non-hydrogen) atoms. The minimum absolute atomic E-state index is 0.0692. The van der Waals surface area contributed by atoms with Crippen LogP contribution >= 0.6 is 0 Å². The van der Waals surface area contributed by atoms with Crippen molar-refractivity contribution in [3.8, 4) is 0 Å². The van der Waals surface area contributed by atoms with Crippen LogP contribution in [0.25, 0.3) is 11.0 Å². The molecule has 5 nitrogen and oxygen atoms in total. The van der Waals surface area contributed by atoms with Crippen LogP contribution < -0.4 is 5.32 Å². The molecule has 1 fully saturated rings. The van der Waals surface area contributed by atoms with Crippen LogP contribution in [0.1, 0.15) is 52.9 Å². The first-order valence-corrected chi connectivity index (χ1v) is 8.56. The lowest BCUT2D eigenvalue weighted by Crippen LogP contribution is -2.39. The predicted octanol–water partition coefficient (Wildman–Crippen LogP) is 3.70. The van der Waals surface area contributed by atoms with Crippen LogP contribution in [-0.2, 0) is 10.3 Å². The van der Waals surface area contributed by atoms with Crippen molar-refractivity contribution >= 4 is 22.9 Å². The van der Waals surface area contributed by atoms with Gasteiger partial charge in [0.2, 0.25) is 11.9 Å². The molecule has 0 aliphatic heterocycles. The maximum atomic E-state index is 14.4. The molecule has 1 aliphatic rings. The van der Waals surface area contributed by atoms with Crippen molar-refractivity contribution in [3.63, 3.8) is 0 Å². The van der Waals surface area contributed by atoms with Crippen LogP contribution in [-0.4, -0.2) is 26.2 Å². The zero-order chi connectivity index (χ0) is 18.4. The Bertz CT molecular complexity index is 825. The highest BCUT2D eigenvalue weighted by atomic mass is 19.2. The highest BCUT2D eigenvalue weighted by Gasteiger charge is 2.38. The molecule has 1 amide bonds. The summed E-state index contributed by atoms with van der Waals surface area (Å²) in [4.78, 5) is 16.6. The number of aliphatic hydroxyl groups is 1. The number of aromatic nitrogens is 2. The fraction of sp³-hybridized carbons (Fsp3) is 0.556. The van der Waals surface area contributed by atoms with Crippen molar-refractivity contribution < 1.29 is 18.7 Å². The maximum Gasteiger partial charge on any atom is 0.229 e. The van der Waals surface area contributed by atoms with Crippen molar-refractivity contribution in [1.82, 2.24) is 9.55 Å². The van der Waals surface area contributed by atoms with E-state index in [1.165, 1.54) is 6.07 Å². The second kappa shape index (κ2) is 6.05. The number of rotatable bonds is 5. The summed E-state index contributed by atoms with van der Waals surface area (Å²) in [6.07, 6.45) is 2.90. The van der Waals surface area contributed by atoms with Gasteiger partial charge in [-0.1, -0.05) is 6.92 Å². The largest absolute Gasteiger partial charge is 0.390 e. The fourth-order valence-corrected chi connectivity index (χ4v) is 3.26. The summed E-state index contributed by atoms with van der Waals surface area (Å²) in [7, 11) is 0. The average Bonchev–Trinajstić information content (AvgIpc) is 2.87. The first kappa shape index (κ1) is 17.8. The molecular formula is C18H23F2N3O2. The number of carbonyl (C=O) groups is 1. The third kappa shape index (κ3) is 3.13.